The van der Waals surface area contributed by atoms with E-state index in [9.17, 15) is 19.1 Å². The van der Waals surface area contributed by atoms with Crippen LogP contribution in [-0.4, -0.2) is 35.2 Å². The molecule has 0 aromatic heterocycles. The van der Waals surface area contributed by atoms with E-state index in [1.54, 1.807) is 37.4 Å². The Morgan fingerprint density at radius 3 is 2.09 bits per heavy atom. The van der Waals surface area contributed by atoms with E-state index in [0.29, 0.717) is 12.0 Å². The van der Waals surface area contributed by atoms with Crippen molar-refractivity contribution in [3.05, 3.63) is 142 Å². The molecule has 0 saturated carbocycles. The highest BCUT2D eigenvalue weighted by Gasteiger charge is 2.11. The maximum absolute atomic E-state index is 14.4. The van der Waals surface area contributed by atoms with Gasteiger partial charge < -0.3 is 20.7 Å². The zero-order valence-electron chi connectivity index (χ0n) is 24.4. The molecular formula is C36H35FN2O5. The molecule has 0 aliphatic carbocycles. The Morgan fingerprint density at radius 1 is 0.841 bits per heavy atom. The monoisotopic (exact) mass is 594 g/mol. The van der Waals surface area contributed by atoms with Gasteiger partial charge in [0.25, 0.3) is 0 Å². The van der Waals surface area contributed by atoms with Gasteiger partial charge >= 0.3 is 12.1 Å². The van der Waals surface area contributed by atoms with Crippen molar-refractivity contribution in [3.8, 4) is 5.75 Å². The molecule has 4 rings (SSSR count). The Balaban J connectivity index is 1.54. The normalized spacial score (nSPS) is 12.3. The van der Waals surface area contributed by atoms with Gasteiger partial charge in [0.05, 0.1) is 12.7 Å². The summed E-state index contributed by atoms with van der Waals surface area (Å²) in [5.74, 6) is -0.465. The van der Waals surface area contributed by atoms with Gasteiger partial charge in [-0.3, -0.25) is 0 Å². The summed E-state index contributed by atoms with van der Waals surface area (Å²) in [5, 5.41) is 18.1. The average molecular weight is 595 g/mol. The molecule has 7 nitrogen and oxygen atoms in total. The maximum Gasteiger partial charge on any atom is 0.433 e. The first-order chi connectivity index (χ1) is 21.2. The summed E-state index contributed by atoms with van der Waals surface area (Å²) in [4.78, 5) is 25.5. The van der Waals surface area contributed by atoms with Crippen LogP contribution in [0, 0.1) is 11.7 Å². The number of carboxylic acid groups (broad SMARTS) is 2. The number of carboxylic acids is 1. The summed E-state index contributed by atoms with van der Waals surface area (Å²) in [7, 11) is 1.64. The predicted molar refractivity (Wildman–Crippen MR) is 170 cm³/mol. The number of nitrogens with two attached hydrogens (primary N) is 1. The van der Waals surface area contributed by atoms with Crippen LogP contribution >= 0.6 is 0 Å². The topological polar surface area (TPSA) is 122 Å². The molecule has 0 heterocycles. The van der Waals surface area contributed by atoms with Crippen molar-refractivity contribution >= 4 is 24.0 Å². The Bertz CT molecular complexity index is 1630. The fraction of sp³-hybridized carbons (Fsp3) is 0.194. The number of aliphatic imine (C=N–C) groups is 1. The van der Waals surface area contributed by atoms with Gasteiger partial charge in [-0.15, -0.1) is 0 Å². The summed E-state index contributed by atoms with van der Waals surface area (Å²) in [6.45, 7) is 0. The van der Waals surface area contributed by atoms with E-state index in [4.69, 9.17) is 15.6 Å². The number of allylic oxidation sites excluding steroid dienone is 1. The van der Waals surface area contributed by atoms with Gasteiger partial charge in [0.1, 0.15) is 17.4 Å². The summed E-state index contributed by atoms with van der Waals surface area (Å²) in [6, 6.07) is 26.9. The standard InChI is InChI=1S/C36H35FN2O5/c1-44-33-20-10-25(11-21-33)4-12-28-18-19-32(37)23-31(28)17-9-26(3-2-24-5-15-30(16-6-24)35(40)41)22-27-7-13-29(14-8-27)34(38)39-36(42)43/h5-11,13-21,23,26H,2-4,12,22H2,1H3,(H2,38,39)(H,40,41)(H,42,43)/b17-9+. The van der Waals surface area contributed by atoms with Gasteiger partial charge in [-0.05, 0) is 102 Å². The molecule has 1 unspecified atom stereocenters. The Kier molecular flexibility index (Phi) is 11.0. The summed E-state index contributed by atoms with van der Waals surface area (Å²) in [5.41, 5.74) is 11.6. The zero-order valence-corrected chi connectivity index (χ0v) is 24.4. The third kappa shape index (κ3) is 9.39. The first-order valence-electron chi connectivity index (χ1n) is 14.3. The molecule has 8 heteroatoms. The van der Waals surface area contributed by atoms with Crippen molar-refractivity contribution in [1.82, 2.24) is 0 Å². The minimum Gasteiger partial charge on any atom is -0.497 e. The molecular weight excluding hydrogens is 559 g/mol. The lowest BCUT2D eigenvalue weighted by Gasteiger charge is -2.15. The first-order valence-corrected chi connectivity index (χ1v) is 14.3. The molecule has 1 amide bonds. The summed E-state index contributed by atoms with van der Waals surface area (Å²) >= 11 is 0. The molecule has 226 valence electrons. The number of amidine groups is 1. The highest BCUT2D eigenvalue weighted by atomic mass is 19.1. The molecule has 4 aromatic carbocycles. The molecule has 0 bridgehead atoms. The lowest BCUT2D eigenvalue weighted by Crippen LogP contribution is -2.15. The second-order valence-electron chi connectivity index (χ2n) is 10.5. The van der Waals surface area contributed by atoms with Crippen LogP contribution in [0.2, 0.25) is 0 Å². The van der Waals surface area contributed by atoms with Crippen molar-refractivity contribution in [2.75, 3.05) is 7.11 Å². The predicted octanol–water partition coefficient (Wildman–Crippen LogP) is 7.21. The van der Waals surface area contributed by atoms with Crippen LogP contribution in [0.3, 0.4) is 0 Å². The van der Waals surface area contributed by atoms with Crippen LogP contribution < -0.4 is 10.5 Å². The van der Waals surface area contributed by atoms with Crippen LogP contribution in [0.4, 0.5) is 9.18 Å². The molecule has 0 radical (unpaired) electrons. The summed E-state index contributed by atoms with van der Waals surface area (Å²) in [6.07, 6.45) is 6.44. The number of rotatable bonds is 13. The van der Waals surface area contributed by atoms with Crippen LogP contribution in [0.5, 0.6) is 5.75 Å². The molecule has 1 atom stereocenters. The summed E-state index contributed by atoms with van der Waals surface area (Å²) < 4.78 is 19.6. The molecule has 44 heavy (non-hydrogen) atoms. The molecule has 0 aliphatic heterocycles. The molecule has 0 spiro atoms. The van der Waals surface area contributed by atoms with Gasteiger partial charge in [0.2, 0.25) is 0 Å². The van der Waals surface area contributed by atoms with Gasteiger partial charge in [0.15, 0.2) is 0 Å². The van der Waals surface area contributed by atoms with Crippen LogP contribution in [-0.2, 0) is 25.7 Å². The molecule has 4 aromatic rings. The average Bonchev–Trinajstić information content (AvgIpc) is 3.02. The number of ether oxygens (including phenoxy) is 1. The smallest absolute Gasteiger partial charge is 0.433 e. The quantitative estimate of drug-likeness (QED) is 0.111. The Labute approximate surface area is 256 Å². The lowest BCUT2D eigenvalue weighted by molar-refractivity contribution is 0.0696. The van der Waals surface area contributed by atoms with E-state index >= 15 is 0 Å². The minimum atomic E-state index is -1.35. The highest BCUT2D eigenvalue weighted by molar-refractivity contribution is 6.02. The van der Waals surface area contributed by atoms with E-state index in [1.165, 1.54) is 6.07 Å². The first kappa shape index (κ1) is 31.7. The molecule has 0 saturated heterocycles. The van der Waals surface area contributed by atoms with Crippen molar-refractivity contribution in [2.45, 2.75) is 32.1 Å². The number of nitrogens with zero attached hydrogens (tertiary/aromatic N) is 1. The van der Waals surface area contributed by atoms with Gasteiger partial charge in [-0.2, -0.15) is 4.99 Å². The van der Waals surface area contributed by atoms with E-state index < -0.39 is 12.1 Å². The highest BCUT2D eigenvalue weighted by Crippen LogP contribution is 2.23. The Hall–Kier alpha value is -5.24. The lowest BCUT2D eigenvalue weighted by atomic mass is 9.90. The van der Waals surface area contributed by atoms with E-state index in [-0.39, 0.29) is 23.1 Å². The SMILES string of the molecule is COc1ccc(CCc2ccc(F)cc2/C=C/C(CCc2ccc(C(=O)O)cc2)Cc2ccc(/C(N)=N/C(=O)O)cc2)cc1. The number of halogens is 1. The molecule has 0 fully saturated rings. The molecule has 4 N–H and O–H groups in total. The maximum atomic E-state index is 14.4. The number of hydrogen-bond acceptors (Lipinski definition) is 3. The fourth-order valence-corrected chi connectivity index (χ4v) is 4.97. The van der Waals surface area contributed by atoms with E-state index in [0.717, 1.165) is 59.3 Å². The number of benzene rings is 4. The molecule has 0 aliphatic rings. The third-order valence-corrected chi connectivity index (χ3v) is 7.47. The second-order valence-corrected chi connectivity index (χ2v) is 10.5. The van der Waals surface area contributed by atoms with Gasteiger partial charge in [0, 0.05) is 5.56 Å². The number of carbonyl (C=O) groups is 2. The van der Waals surface area contributed by atoms with Gasteiger partial charge in [-0.1, -0.05) is 66.7 Å². The van der Waals surface area contributed by atoms with Crippen molar-refractivity contribution in [2.24, 2.45) is 16.6 Å². The van der Waals surface area contributed by atoms with Crippen molar-refractivity contribution in [1.29, 1.82) is 0 Å². The largest absolute Gasteiger partial charge is 0.497 e. The van der Waals surface area contributed by atoms with Crippen molar-refractivity contribution in [3.63, 3.8) is 0 Å². The van der Waals surface area contributed by atoms with Gasteiger partial charge in [-0.25, -0.2) is 14.0 Å². The number of hydrogen-bond donors (Lipinski definition) is 3. The van der Waals surface area contributed by atoms with E-state index in [2.05, 4.69) is 11.1 Å². The number of amides is 1. The van der Waals surface area contributed by atoms with Crippen LogP contribution in [0.1, 0.15) is 50.2 Å². The van der Waals surface area contributed by atoms with Crippen LogP contribution in [0.15, 0.2) is 102 Å². The zero-order chi connectivity index (χ0) is 31.5. The third-order valence-electron chi connectivity index (χ3n) is 7.47. The Morgan fingerprint density at radius 2 is 1.45 bits per heavy atom. The minimum absolute atomic E-state index is 0.0708. The van der Waals surface area contributed by atoms with Crippen molar-refractivity contribution < 1.29 is 28.9 Å². The number of methoxy groups -OCH3 is 1. The fourth-order valence-electron chi connectivity index (χ4n) is 4.97. The number of aromatic carboxylic acids is 1. The van der Waals surface area contributed by atoms with E-state index in [1.807, 2.05) is 60.7 Å². The number of aryl methyl sites for hydroxylation is 3. The van der Waals surface area contributed by atoms with Crippen LogP contribution in [0.25, 0.3) is 6.08 Å². The second kappa shape index (κ2) is 15.3.